The number of fused-ring (bicyclic) bond motifs is 8. The lowest BCUT2D eigenvalue weighted by Crippen LogP contribution is -2.24. The van der Waals surface area contributed by atoms with E-state index in [0.717, 1.165) is 28.1 Å². The van der Waals surface area contributed by atoms with Crippen LogP contribution in [-0.2, 0) is 10.2 Å². The summed E-state index contributed by atoms with van der Waals surface area (Å²) in [5.41, 5.74) is 11.7. The minimum absolute atomic E-state index is 0.121. The van der Waals surface area contributed by atoms with Crippen molar-refractivity contribution in [3.8, 4) is 16.9 Å². The van der Waals surface area contributed by atoms with Crippen molar-refractivity contribution in [1.82, 2.24) is 4.57 Å². The van der Waals surface area contributed by atoms with Crippen LogP contribution in [0.3, 0.4) is 0 Å². The Balaban J connectivity index is 1.22. The van der Waals surface area contributed by atoms with Crippen LogP contribution in [0.2, 0.25) is 0 Å². The summed E-state index contributed by atoms with van der Waals surface area (Å²) >= 11 is 0. The lowest BCUT2D eigenvalue weighted by Gasteiger charge is -2.27. The van der Waals surface area contributed by atoms with Gasteiger partial charge in [-0.3, -0.25) is 0 Å². The third-order valence-corrected chi connectivity index (χ3v) is 9.46. The van der Waals surface area contributed by atoms with Crippen LogP contribution in [0.25, 0.3) is 44.3 Å². The third-order valence-electron chi connectivity index (χ3n) is 9.46. The van der Waals surface area contributed by atoms with E-state index < -0.39 is 0 Å². The van der Waals surface area contributed by atoms with Gasteiger partial charge in [0.2, 0.25) is 5.90 Å². The Morgan fingerprint density at radius 3 is 2.30 bits per heavy atom. The van der Waals surface area contributed by atoms with E-state index in [4.69, 9.17) is 9.73 Å². The normalized spacial score (nSPS) is 17.8. The minimum atomic E-state index is -0.161. The molecule has 1 unspecified atom stereocenters. The lowest BCUT2D eigenvalue weighted by molar-refractivity contribution is 0.270. The van der Waals surface area contributed by atoms with Crippen LogP contribution in [0.1, 0.15) is 36.1 Å². The Hall–Kier alpha value is -5.41. The van der Waals surface area contributed by atoms with Gasteiger partial charge in [0.15, 0.2) is 0 Å². The molecule has 3 aliphatic rings. The highest BCUT2D eigenvalue weighted by molar-refractivity contribution is 6.08. The highest BCUT2D eigenvalue weighted by atomic mass is 16.5. The summed E-state index contributed by atoms with van der Waals surface area (Å²) in [6.07, 6.45) is 8.14. The van der Waals surface area contributed by atoms with E-state index >= 15 is 0 Å². The molecule has 2 aliphatic carbocycles. The van der Waals surface area contributed by atoms with Crippen LogP contribution >= 0.6 is 0 Å². The van der Waals surface area contributed by atoms with E-state index in [2.05, 4.69) is 146 Å². The van der Waals surface area contributed by atoms with Crippen molar-refractivity contribution in [2.75, 3.05) is 0 Å². The molecule has 1 aliphatic heterocycles. The lowest BCUT2D eigenvalue weighted by atomic mass is 9.81. The highest BCUT2D eigenvalue weighted by Crippen LogP contribution is 2.55. The summed E-state index contributed by atoms with van der Waals surface area (Å²) in [6, 6.07) is 41.3. The maximum Gasteiger partial charge on any atom is 0.222 e. The number of nitrogens with zero attached hydrogens (tertiary/aromatic N) is 2. The Morgan fingerprint density at radius 1 is 0.705 bits per heavy atom. The second kappa shape index (κ2) is 9.29. The molecule has 0 saturated carbocycles. The molecule has 1 atom stereocenters. The van der Waals surface area contributed by atoms with Gasteiger partial charge in [-0.05, 0) is 58.3 Å². The average Bonchev–Trinajstić information content (AvgIpc) is 3.54. The smallest absolute Gasteiger partial charge is 0.222 e. The zero-order valence-corrected chi connectivity index (χ0v) is 24.7. The van der Waals surface area contributed by atoms with Gasteiger partial charge in [0.05, 0.1) is 16.9 Å². The fourth-order valence-corrected chi connectivity index (χ4v) is 7.42. The quantitative estimate of drug-likeness (QED) is 0.209. The van der Waals surface area contributed by atoms with E-state index in [-0.39, 0.29) is 11.5 Å². The minimum Gasteiger partial charge on any atom is -0.465 e. The molecule has 210 valence electrons. The molecule has 0 radical (unpaired) electrons. The first-order valence-electron chi connectivity index (χ1n) is 15.3. The first kappa shape index (κ1) is 25.1. The summed E-state index contributed by atoms with van der Waals surface area (Å²) in [5, 5.41) is 3.87. The molecule has 0 saturated heterocycles. The number of rotatable bonds is 3. The number of benzene rings is 5. The molecule has 5 aromatic carbocycles. The first-order valence-corrected chi connectivity index (χ1v) is 15.3. The number of hydrogen-bond acceptors (Lipinski definition) is 2. The van der Waals surface area contributed by atoms with Crippen LogP contribution < -0.4 is 0 Å². The van der Waals surface area contributed by atoms with Gasteiger partial charge in [-0.25, -0.2) is 4.99 Å². The summed E-state index contributed by atoms with van der Waals surface area (Å²) in [6.45, 7) is 4.73. The molecule has 0 N–H and O–H groups in total. The molecule has 44 heavy (non-hydrogen) atoms. The zero-order valence-electron chi connectivity index (χ0n) is 24.7. The summed E-state index contributed by atoms with van der Waals surface area (Å²) in [7, 11) is 0. The molecular weight excluding hydrogens is 536 g/mol. The highest BCUT2D eigenvalue weighted by Gasteiger charge is 2.41. The molecule has 0 bridgehead atoms. The monoisotopic (exact) mass is 566 g/mol. The first-order chi connectivity index (χ1) is 21.6. The van der Waals surface area contributed by atoms with Crippen LogP contribution in [0.5, 0.6) is 0 Å². The number of allylic oxidation sites excluding steroid dienone is 2. The van der Waals surface area contributed by atoms with Gasteiger partial charge in [-0.1, -0.05) is 117 Å². The van der Waals surface area contributed by atoms with Crippen molar-refractivity contribution >= 4 is 33.3 Å². The van der Waals surface area contributed by atoms with Gasteiger partial charge in [-0.2, -0.15) is 0 Å². The Kier molecular flexibility index (Phi) is 5.31. The van der Waals surface area contributed by atoms with Gasteiger partial charge in [0.25, 0.3) is 0 Å². The molecule has 2 heterocycles. The van der Waals surface area contributed by atoms with E-state index in [9.17, 15) is 0 Å². The Bertz CT molecular complexity index is 2260. The molecule has 3 nitrogen and oxygen atoms in total. The molecule has 0 fully saturated rings. The Labute approximate surface area is 256 Å². The molecule has 1 aromatic heterocycles. The maximum atomic E-state index is 6.47. The summed E-state index contributed by atoms with van der Waals surface area (Å²) in [5.74, 6) is 0.643. The number of ether oxygens (including phenoxy) is 1. The number of aromatic nitrogens is 1. The Morgan fingerprint density at radius 2 is 1.45 bits per heavy atom. The van der Waals surface area contributed by atoms with E-state index in [1.807, 2.05) is 12.1 Å². The standard InChI is InChI=1S/C41H30N2O/c1-41(2)33-25-22-26-12-6-7-15-30(26)36(33)39-37(41)31-16-8-10-18-34(31)43(39)29-23-20-28(21-24-29)40-42-38(27-13-4-3-5-14-27)32-17-9-11-19-35(32)44-40/h3-25,35H,1-2H3. The van der Waals surface area contributed by atoms with Crippen molar-refractivity contribution in [3.05, 3.63) is 167 Å². The largest absolute Gasteiger partial charge is 0.465 e. The van der Waals surface area contributed by atoms with Crippen LogP contribution in [-0.4, -0.2) is 16.6 Å². The van der Waals surface area contributed by atoms with E-state index in [1.54, 1.807) is 0 Å². The van der Waals surface area contributed by atoms with Crippen LogP contribution in [0.4, 0.5) is 0 Å². The predicted octanol–water partition coefficient (Wildman–Crippen LogP) is 9.77. The van der Waals surface area contributed by atoms with Crippen molar-refractivity contribution < 1.29 is 4.74 Å². The fourth-order valence-electron chi connectivity index (χ4n) is 7.42. The maximum absolute atomic E-state index is 6.47. The van der Waals surface area contributed by atoms with Crippen molar-refractivity contribution in [2.24, 2.45) is 4.99 Å². The van der Waals surface area contributed by atoms with Gasteiger partial charge < -0.3 is 9.30 Å². The number of para-hydroxylation sites is 1. The molecule has 6 aromatic rings. The topological polar surface area (TPSA) is 26.5 Å². The van der Waals surface area contributed by atoms with Gasteiger partial charge in [-0.15, -0.1) is 0 Å². The zero-order chi connectivity index (χ0) is 29.4. The SMILES string of the molecule is CC1(C)c2ccc3ccccc3c2-c2c1c1ccccc1n2-c1ccc(C2=NC(c3ccccc3)=C3C=CC=CC3O2)cc1. The van der Waals surface area contributed by atoms with Crippen molar-refractivity contribution in [3.63, 3.8) is 0 Å². The second-order valence-electron chi connectivity index (χ2n) is 12.3. The average molecular weight is 567 g/mol. The molecule has 0 amide bonds. The van der Waals surface area contributed by atoms with Gasteiger partial charge >= 0.3 is 0 Å². The van der Waals surface area contributed by atoms with Crippen molar-refractivity contribution in [1.29, 1.82) is 0 Å². The van der Waals surface area contributed by atoms with Crippen LogP contribution in [0, 0.1) is 0 Å². The summed E-state index contributed by atoms with van der Waals surface area (Å²) in [4.78, 5) is 5.07. The van der Waals surface area contributed by atoms with Crippen LogP contribution in [0.15, 0.2) is 150 Å². The molecular formula is C41H30N2O. The fraction of sp³-hybridized carbons (Fsp3) is 0.0976. The third kappa shape index (κ3) is 3.53. The molecule has 0 spiro atoms. The number of hydrogen-bond donors (Lipinski definition) is 0. The molecule has 3 heteroatoms. The van der Waals surface area contributed by atoms with E-state index in [0.29, 0.717) is 5.90 Å². The molecule has 9 rings (SSSR count). The summed E-state index contributed by atoms with van der Waals surface area (Å²) < 4.78 is 8.93. The van der Waals surface area contributed by atoms with Crippen molar-refractivity contribution in [2.45, 2.75) is 25.4 Å². The van der Waals surface area contributed by atoms with E-state index in [1.165, 1.54) is 44.1 Å². The van der Waals surface area contributed by atoms with Gasteiger partial charge in [0.1, 0.15) is 6.10 Å². The second-order valence-corrected chi connectivity index (χ2v) is 12.3. The predicted molar refractivity (Wildman–Crippen MR) is 181 cm³/mol. The number of aliphatic imine (C=N–C) groups is 1. The van der Waals surface area contributed by atoms with Gasteiger partial charge in [0, 0.05) is 38.8 Å².